The standard InChI is InChI=1S/C15H19NO3/c1-13(2,3)16(4)11(17)14-7-5-6-9(7)15(14,12(18)19)10(6)8(5)14/h5-10H,1-4H3,(H,18,19)/t5?,6?,7-,8-,9+,10+,14?,15?/m1/s1. The SMILES string of the molecule is CN(C(=O)C12[C@@H]3C4C5[C@@H]3C1(C(=O)O)[C@@H]5[C@@H]42)C(C)(C)C. The molecule has 6 aliphatic carbocycles. The fraction of sp³-hybridized carbons (Fsp3) is 0.867. The molecule has 0 heterocycles. The molecule has 6 rings (SSSR count). The molecule has 0 aromatic heterocycles. The molecule has 0 aromatic carbocycles. The van der Waals surface area contributed by atoms with Crippen molar-refractivity contribution in [2.45, 2.75) is 26.3 Å². The van der Waals surface area contributed by atoms with Crippen LogP contribution in [0.3, 0.4) is 0 Å². The Hall–Kier alpha value is -1.06. The molecule has 0 aromatic rings. The molecule has 102 valence electrons. The largest absolute Gasteiger partial charge is 0.481 e. The van der Waals surface area contributed by atoms with Crippen molar-refractivity contribution in [3.63, 3.8) is 0 Å². The van der Waals surface area contributed by atoms with E-state index in [4.69, 9.17) is 0 Å². The molecule has 4 atom stereocenters. The summed E-state index contributed by atoms with van der Waals surface area (Å²) < 4.78 is 0. The molecule has 0 saturated heterocycles. The van der Waals surface area contributed by atoms with Crippen molar-refractivity contribution < 1.29 is 14.7 Å². The molecule has 1 N–H and O–H groups in total. The Morgan fingerprint density at radius 2 is 1.42 bits per heavy atom. The number of aliphatic carboxylic acids is 1. The normalized spacial score (nSPS) is 60.6. The fourth-order valence-corrected chi connectivity index (χ4v) is 7.04. The minimum atomic E-state index is -0.694. The van der Waals surface area contributed by atoms with Crippen LogP contribution in [0.4, 0.5) is 0 Å². The van der Waals surface area contributed by atoms with Gasteiger partial charge in [-0.05, 0) is 56.3 Å². The highest BCUT2D eigenvalue weighted by Gasteiger charge is 3.14. The average molecular weight is 261 g/mol. The Balaban J connectivity index is 1.57. The fourth-order valence-electron chi connectivity index (χ4n) is 7.04. The first-order valence-electron chi connectivity index (χ1n) is 7.26. The Bertz CT molecular complexity index is 554. The van der Waals surface area contributed by atoms with E-state index < -0.39 is 16.8 Å². The van der Waals surface area contributed by atoms with Gasteiger partial charge in [0.15, 0.2) is 0 Å². The summed E-state index contributed by atoms with van der Waals surface area (Å²) in [6.45, 7) is 6.04. The van der Waals surface area contributed by atoms with Crippen molar-refractivity contribution >= 4 is 11.9 Å². The van der Waals surface area contributed by atoms with Crippen molar-refractivity contribution in [3.05, 3.63) is 0 Å². The molecule has 6 aliphatic rings. The van der Waals surface area contributed by atoms with Crippen LogP contribution in [-0.2, 0) is 9.59 Å². The number of carboxylic acid groups (broad SMARTS) is 1. The minimum Gasteiger partial charge on any atom is -0.481 e. The third-order valence-corrected chi connectivity index (χ3v) is 7.68. The highest BCUT2D eigenvalue weighted by molar-refractivity contribution is 6.02. The van der Waals surface area contributed by atoms with Gasteiger partial charge in [0.2, 0.25) is 5.91 Å². The van der Waals surface area contributed by atoms with E-state index in [2.05, 4.69) is 0 Å². The molecular weight excluding hydrogens is 242 g/mol. The number of carbonyl (C=O) groups is 2. The molecule has 0 radical (unpaired) electrons. The zero-order chi connectivity index (χ0) is 13.7. The smallest absolute Gasteiger partial charge is 0.311 e. The number of hydrogen-bond donors (Lipinski definition) is 1. The first-order chi connectivity index (χ1) is 8.75. The van der Waals surface area contributed by atoms with Crippen LogP contribution in [0.1, 0.15) is 20.8 Å². The van der Waals surface area contributed by atoms with Crippen molar-refractivity contribution in [3.8, 4) is 0 Å². The van der Waals surface area contributed by atoms with Crippen LogP contribution in [0.25, 0.3) is 0 Å². The molecule has 0 bridgehead atoms. The van der Waals surface area contributed by atoms with Gasteiger partial charge in [0.05, 0.1) is 10.8 Å². The predicted molar refractivity (Wildman–Crippen MR) is 66.0 cm³/mol. The summed E-state index contributed by atoms with van der Waals surface area (Å²) in [5, 5.41) is 9.69. The Labute approximate surface area is 112 Å². The minimum absolute atomic E-state index is 0.110. The van der Waals surface area contributed by atoms with E-state index >= 15 is 0 Å². The lowest BCUT2D eigenvalue weighted by molar-refractivity contribution is -0.629. The second-order valence-electron chi connectivity index (χ2n) is 8.34. The van der Waals surface area contributed by atoms with Crippen LogP contribution in [0, 0.1) is 46.3 Å². The highest BCUT2D eigenvalue weighted by atomic mass is 16.4. The van der Waals surface area contributed by atoms with Gasteiger partial charge in [-0.1, -0.05) is 0 Å². The maximum absolute atomic E-state index is 12.9. The maximum Gasteiger partial charge on any atom is 0.311 e. The van der Waals surface area contributed by atoms with E-state index in [1.807, 2.05) is 27.8 Å². The van der Waals surface area contributed by atoms with Crippen LogP contribution in [-0.4, -0.2) is 34.5 Å². The average Bonchev–Trinajstić information content (AvgIpc) is 2.35. The molecule has 6 fully saturated rings. The number of nitrogens with zero attached hydrogens (tertiary/aromatic N) is 1. The topological polar surface area (TPSA) is 57.6 Å². The number of rotatable bonds is 2. The molecular formula is C15H19NO3. The number of carbonyl (C=O) groups excluding carboxylic acids is 1. The van der Waals surface area contributed by atoms with Crippen molar-refractivity contribution in [2.24, 2.45) is 46.3 Å². The van der Waals surface area contributed by atoms with Gasteiger partial charge in [0.25, 0.3) is 0 Å². The van der Waals surface area contributed by atoms with E-state index in [0.29, 0.717) is 35.5 Å². The first-order valence-corrected chi connectivity index (χ1v) is 7.26. The van der Waals surface area contributed by atoms with Gasteiger partial charge < -0.3 is 10.0 Å². The predicted octanol–water partition coefficient (Wildman–Crippen LogP) is 1.07. The summed E-state index contributed by atoms with van der Waals surface area (Å²) >= 11 is 0. The lowest BCUT2D eigenvalue weighted by Gasteiger charge is -3.09. The second-order valence-corrected chi connectivity index (χ2v) is 8.34. The number of amides is 1. The maximum atomic E-state index is 12.9. The summed E-state index contributed by atoms with van der Waals surface area (Å²) in [5.41, 5.74) is -1.36. The summed E-state index contributed by atoms with van der Waals surface area (Å²) in [7, 11) is 1.83. The van der Waals surface area contributed by atoms with Crippen molar-refractivity contribution in [1.29, 1.82) is 0 Å². The van der Waals surface area contributed by atoms with E-state index in [1.165, 1.54) is 0 Å². The van der Waals surface area contributed by atoms with Crippen LogP contribution in [0.15, 0.2) is 0 Å². The molecule has 6 saturated carbocycles. The second kappa shape index (κ2) is 2.23. The summed E-state index contributed by atoms with van der Waals surface area (Å²) in [6, 6.07) is 0. The van der Waals surface area contributed by atoms with Crippen molar-refractivity contribution in [1.82, 2.24) is 4.90 Å². The van der Waals surface area contributed by atoms with E-state index in [1.54, 1.807) is 4.90 Å². The lowest BCUT2D eigenvalue weighted by atomic mass is 8.91. The molecule has 4 heteroatoms. The van der Waals surface area contributed by atoms with Crippen molar-refractivity contribution in [2.75, 3.05) is 7.05 Å². The molecule has 1 amide bonds. The molecule has 0 unspecified atom stereocenters. The molecule has 19 heavy (non-hydrogen) atoms. The zero-order valence-corrected chi connectivity index (χ0v) is 11.7. The molecule has 0 aliphatic heterocycles. The third-order valence-electron chi connectivity index (χ3n) is 7.68. The van der Waals surface area contributed by atoms with Gasteiger partial charge in [0, 0.05) is 12.6 Å². The summed E-state index contributed by atoms with van der Waals surface area (Å²) in [5.74, 6) is 2.35. The van der Waals surface area contributed by atoms with Crippen LogP contribution in [0.5, 0.6) is 0 Å². The molecule has 4 nitrogen and oxygen atoms in total. The highest BCUT2D eigenvalue weighted by Crippen LogP contribution is 3.10. The van der Waals surface area contributed by atoms with Gasteiger partial charge in [-0.25, -0.2) is 0 Å². The van der Waals surface area contributed by atoms with Gasteiger partial charge >= 0.3 is 5.97 Å². The van der Waals surface area contributed by atoms with E-state index in [9.17, 15) is 14.7 Å². The molecule has 0 spiro atoms. The quantitative estimate of drug-likeness (QED) is 0.809. The van der Waals surface area contributed by atoms with Crippen LogP contribution < -0.4 is 0 Å². The summed E-state index contributed by atoms with van der Waals surface area (Å²) in [6.07, 6.45) is 0. The monoisotopic (exact) mass is 261 g/mol. The van der Waals surface area contributed by atoms with Gasteiger partial charge in [-0.2, -0.15) is 0 Å². The van der Waals surface area contributed by atoms with Crippen LogP contribution in [0.2, 0.25) is 0 Å². The number of hydrogen-bond acceptors (Lipinski definition) is 2. The van der Waals surface area contributed by atoms with Gasteiger partial charge in [-0.3, -0.25) is 9.59 Å². The van der Waals surface area contributed by atoms with E-state index in [0.717, 1.165) is 0 Å². The Morgan fingerprint density at radius 1 is 1.00 bits per heavy atom. The lowest BCUT2D eigenvalue weighted by Crippen LogP contribution is -3.13. The van der Waals surface area contributed by atoms with E-state index in [-0.39, 0.29) is 11.4 Å². The van der Waals surface area contributed by atoms with Crippen LogP contribution >= 0.6 is 0 Å². The van der Waals surface area contributed by atoms with Gasteiger partial charge in [-0.15, -0.1) is 0 Å². The van der Waals surface area contributed by atoms with Gasteiger partial charge in [0.1, 0.15) is 0 Å². The summed E-state index contributed by atoms with van der Waals surface area (Å²) in [4.78, 5) is 26.5. The first kappa shape index (κ1) is 10.7. The Morgan fingerprint density at radius 3 is 1.79 bits per heavy atom. The number of carboxylic acids is 1. The zero-order valence-electron chi connectivity index (χ0n) is 11.7. The third kappa shape index (κ3) is 0.563. The Kier molecular flexibility index (Phi) is 1.25.